The van der Waals surface area contributed by atoms with Crippen LogP contribution in [0.15, 0.2) is 156 Å². The molecule has 5 aromatic carbocycles. The van der Waals surface area contributed by atoms with E-state index in [0.29, 0.717) is 5.56 Å². The largest absolute Gasteiger partial charge is 0.501 e. The fourth-order valence-corrected chi connectivity index (χ4v) is 7.18. The summed E-state index contributed by atoms with van der Waals surface area (Å²) in [6.45, 7) is 6.68. The summed E-state index contributed by atoms with van der Waals surface area (Å²) < 4.78 is 23.9. The smallest absolute Gasteiger partial charge is 0.121 e. The van der Waals surface area contributed by atoms with E-state index in [9.17, 15) is 0 Å². The van der Waals surface area contributed by atoms with Crippen LogP contribution in [0.2, 0.25) is 19.6 Å². The summed E-state index contributed by atoms with van der Waals surface area (Å²) >= 11 is 0. The van der Waals surface area contributed by atoms with Crippen molar-refractivity contribution in [2.75, 3.05) is 0 Å². The molecule has 5 heteroatoms. The number of benzene rings is 5. The normalized spacial score (nSPS) is 12.0. The molecule has 3 heterocycles. The molecule has 0 atom stereocenters. The van der Waals surface area contributed by atoms with Crippen LogP contribution in [-0.2, 0) is 26.5 Å². The SMILES string of the molecule is [2H]C([2H])(c1ccccc1)c1cc(-c2[c-]cccc2)ncc1[Si](C)(C)C.[Ir].[c-]1ccc2c(oc3cc(-c4ccccc4)ccc32)c1-c1ccccn1. The number of fused-ring (bicyclic) bond motifs is 3. The van der Waals surface area contributed by atoms with E-state index in [1.54, 1.807) is 6.20 Å². The van der Waals surface area contributed by atoms with Crippen LogP contribution in [0.5, 0.6) is 0 Å². The van der Waals surface area contributed by atoms with Gasteiger partial charge < -0.3 is 14.4 Å². The predicted octanol–water partition coefficient (Wildman–Crippen LogP) is 10.8. The maximum atomic E-state index is 8.84. The van der Waals surface area contributed by atoms with Crippen molar-refractivity contribution >= 4 is 35.2 Å². The zero-order chi connectivity index (χ0) is 34.7. The van der Waals surface area contributed by atoms with Crippen molar-refractivity contribution in [3.8, 4) is 33.6 Å². The zero-order valence-corrected chi connectivity index (χ0v) is 31.0. The molecule has 0 fully saturated rings. The molecule has 49 heavy (non-hydrogen) atoms. The molecule has 0 saturated heterocycles. The minimum absolute atomic E-state index is 0. The molecule has 0 amide bonds. The van der Waals surface area contributed by atoms with Gasteiger partial charge in [0.2, 0.25) is 0 Å². The molecule has 0 aliphatic carbocycles. The van der Waals surface area contributed by atoms with Crippen LogP contribution in [0.25, 0.3) is 55.6 Å². The predicted molar refractivity (Wildman–Crippen MR) is 202 cm³/mol. The molecule has 3 aromatic heterocycles. The minimum Gasteiger partial charge on any atom is -0.501 e. The van der Waals surface area contributed by atoms with Gasteiger partial charge in [-0.25, -0.2) is 0 Å². The Kier molecular flexibility index (Phi) is 9.65. The van der Waals surface area contributed by atoms with E-state index in [0.717, 1.165) is 60.8 Å². The average molecular weight is 831 g/mol. The molecule has 0 aliphatic rings. The monoisotopic (exact) mass is 831 g/mol. The molecule has 8 aromatic rings. The van der Waals surface area contributed by atoms with Gasteiger partial charge in [0, 0.05) is 40.6 Å². The molecule has 3 nitrogen and oxygen atoms in total. The Morgan fingerprint density at radius 3 is 2.14 bits per heavy atom. The molecular weight excluding hydrogens is 793 g/mol. The van der Waals surface area contributed by atoms with Gasteiger partial charge >= 0.3 is 0 Å². The molecular formula is C44H36IrN2OSi-2. The van der Waals surface area contributed by atoms with Crippen molar-refractivity contribution in [2.45, 2.75) is 26.0 Å². The Labute approximate surface area is 305 Å². The van der Waals surface area contributed by atoms with Gasteiger partial charge in [-0.3, -0.25) is 0 Å². The van der Waals surface area contributed by atoms with E-state index in [4.69, 9.17) is 7.16 Å². The number of hydrogen-bond donors (Lipinski definition) is 0. The first kappa shape index (κ1) is 31.3. The van der Waals surface area contributed by atoms with Gasteiger partial charge in [0.25, 0.3) is 0 Å². The molecule has 243 valence electrons. The third-order valence-electron chi connectivity index (χ3n) is 8.21. The summed E-state index contributed by atoms with van der Waals surface area (Å²) in [6.07, 6.45) is 2.10. The summed E-state index contributed by atoms with van der Waals surface area (Å²) in [4.78, 5) is 9.06. The van der Waals surface area contributed by atoms with E-state index in [1.807, 2.05) is 109 Å². The van der Waals surface area contributed by atoms with E-state index in [2.05, 4.69) is 78.1 Å². The number of hydrogen-bond acceptors (Lipinski definition) is 3. The molecule has 0 bridgehead atoms. The van der Waals surface area contributed by atoms with Crippen LogP contribution < -0.4 is 5.19 Å². The van der Waals surface area contributed by atoms with E-state index < -0.39 is 14.4 Å². The third kappa shape index (κ3) is 7.71. The van der Waals surface area contributed by atoms with Gasteiger partial charge in [-0.2, -0.15) is 0 Å². The summed E-state index contributed by atoms with van der Waals surface area (Å²) in [5.41, 5.74) is 8.85. The Hall–Kier alpha value is -4.93. The van der Waals surface area contributed by atoms with E-state index in [1.165, 1.54) is 5.56 Å². The van der Waals surface area contributed by atoms with Crippen molar-refractivity contribution in [2.24, 2.45) is 0 Å². The van der Waals surface area contributed by atoms with Gasteiger partial charge in [-0.05, 0) is 51.8 Å². The summed E-state index contributed by atoms with van der Waals surface area (Å²) in [7, 11) is -1.76. The Morgan fingerprint density at radius 1 is 0.673 bits per heavy atom. The third-order valence-corrected chi connectivity index (χ3v) is 10.2. The molecule has 0 N–H and O–H groups in total. The maximum Gasteiger partial charge on any atom is 0.121 e. The maximum absolute atomic E-state index is 8.84. The number of furan rings is 1. The first-order valence-corrected chi connectivity index (χ1v) is 19.6. The Balaban J connectivity index is 0.000000172. The standard InChI is InChI=1S/C23H14NO.C21H22NSi.Ir/c1-2-7-16(8-3-1)17-12-13-18-19-9-6-10-20(21-11-4-5-14-24-21)23(19)25-22(18)15-17;1-23(2,3)21-16-22-20(18-12-8-5-9-13-18)15-19(21)14-17-10-6-4-7-11-17;/h1-9,11-15H;4-12,15-16H,14H2,1-3H3;/q2*-1;/i;14D2;. The van der Waals surface area contributed by atoms with Gasteiger partial charge in [0.05, 0.1) is 13.7 Å². The van der Waals surface area contributed by atoms with Crippen LogP contribution in [0.4, 0.5) is 0 Å². The van der Waals surface area contributed by atoms with Gasteiger partial charge in [0.1, 0.15) is 5.58 Å². The molecule has 0 spiro atoms. The Bertz CT molecular complexity index is 2380. The van der Waals surface area contributed by atoms with Crippen LogP contribution in [0, 0.1) is 12.1 Å². The zero-order valence-electron chi connectivity index (χ0n) is 29.6. The van der Waals surface area contributed by atoms with Crippen molar-refractivity contribution in [1.29, 1.82) is 0 Å². The van der Waals surface area contributed by atoms with Crippen molar-refractivity contribution in [3.05, 3.63) is 175 Å². The van der Waals surface area contributed by atoms with E-state index in [-0.39, 0.29) is 20.1 Å². The van der Waals surface area contributed by atoms with Crippen molar-refractivity contribution in [1.82, 2.24) is 9.97 Å². The second-order valence-corrected chi connectivity index (χ2v) is 17.7. The van der Waals surface area contributed by atoms with Crippen molar-refractivity contribution < 1.29 is 27.3 Å². The van der Waals surface area contributed by atoms with Gasteiger partial charge in [0.15, 0.2) is 0 Å². The number of nitrogens with zero attached hydrogens (tertiary/aromatic N) is 2. The van der Waals surface area contributed by atoms with Gasteiger partial charge in [-0.1, -0.05) is 127 Å². The quantitative estimate of drug-likeness (QED) is 0.124. The second kappa shape index (κ2) is 15.1. The minimum atomic E-state index is -1.76. The summed E-state index contributed by atoms with van der Waals surface area (Å²) in [5, 5.41) is 3.26. The second-order valence-electron chi connectivity index (χ2n) is 12.6. The fourth-order valence-electron chi connectivity index (χ4n) is 5.79. The molecule has 0 unspecified atom stereocenters. The van der Waals surface area contributed by atoms with Crippen LogP contribution >= 0.6 is 0 Å². The molecule has 0 saturated carbocycles. The number of rotatable bonds is 6. The van der Waals surface area contributed by atoms with Gasteiger partial charge in [-0.15, -0.1) is 54.1 Å². The first-order chi connectivity index (χ1) is 24.2. The summed E-state index contributed by atoms with van der Waals surface area (Å²) in [5.74, 6) is 0. The van der Waals surface area contributed by atoms with E-state index >= 15 is 0 Å². The molecule has 0 aliphatic heterocycles. The Morgan fingerprint density at radius 2 is 1.43 bits per heavy atom. The topological polar surface area (TPSA) is 38.9 Å². The first-order valence-electron chi connectivity index (χ1n) is 17.1. The number of aromatic nitrogens is 2. The van der Waals surface area contributed by atoms with Crippen LogP contribution in [0.3, 0.4) is 0 Å². The fraction of sp³-hybridized carbons (Fsp3) is 0.0909. The van der Waals surface area contributed by atoms with Crippen LogP contribution in [-0.4, -0.2) is 18.0 Å². The average Bonchev–Trinajstić information content (AvgIpc) is 3.54. The van der Waals surface area contributed by atoms with Crippen LogP contribution in [0.1, 0.15) is 13.9 Å². The number of pyridine rings is 2. The molecule has 8 rings (SSSR count). The molecule has 1 radical (unpaired) electrons. The summed E-state index contributed by atoms with van der Waals surface area (Å²) in [6, 6.07) is 52.0. The van der Waals surface area contributed by atoms with Crippen molar-refractivity contribution in [3.63, 3.8) is 0 Å².